The van der Waals surface area contributed by atoms with Crippen LogP contribution in [0, 0.1) is 12.7 Å². The lowest BCUT2D eigenvalue weighted by molar-refractivity contribution is 0.0706. The van der Waals surface area contributed by atoms with Crippen molar-refractivity contribution in [2.45, 2.75) is 33.0 Å². The molecule has 2 amide bonds. The summed E-state index contributed by atoms with van der Waals surface area (Å²) in [6.45, 7) is 5.17. The van der Waals surface area contributed by atoms with Crippen LogP contribution in [0.15, 0.2) is 76.1 Å². The van der Waals surface area contributed by atoms with Gasteiger partial charge < -0.3 is 14.6 Å². The van der Waals surface area contributed by atoms with Gasteiger partial charge in [-0.05, 0) is 77.3 Å². The summed E-state index contributed by atoms with van der Waals surface area (Å²) in [7, 11) is 0. The zero-order valence-electron chi connectivity index (χ0n) is 22.2. The topological polar surface area (TPSA) is 111 Å². The smallest absolute Gasteiger partial charge is 0.291 e. The summed E-state index contributed by atoms with van der Waals surface area (Å²) in [6.07, 6.45) is 5.00. The summed E-state index contributed by atoms with van der Waals surface area (Å²) in [5.41, 5.74) is 4.98. The molecule has 208 valence electrons. The fraction of sp³-hybridized carbons (Fsp3) is 0.207. The molecule has 1 aliphatic heterocycles. The third kappa shape index (κ3) is 5.18. The molecular formula is C29H25BrFN7O3. The number of carbonyl (C=O) groups is 2. The molecule has 3 aromatic heterocycles. The van der Waals surface area contributed by atoms with Gasteiger partial charge in [0.05, 0.1) is 48.0 Å². The van der Waals surface area contributed by atoms with Crippen molar-refractivity contribution in [3.8, 4) is 11.3 Å². The van der Waals surface area contributed by atoms with E-state index in [4.69, 9.17) is 4.42 Å². The van der Waals surface area contributed by atoms with Gasteiger partial charge in [-0.2, -0.15) is 5.10 Å². The van der Waals surface area contributed by atoms with E-state index in [1.807, 2.05) is 30.8 Å². The Morgan fingerprint density at radius 3 is 2.78 bits per heavy atom. The molecule has 0 aliphatic carbocycles. The number of benzene rings is 2. The molecule has 10 nitrogen and oxygen atoms in total. The number of aryl methyl sites for hydroxylation is 1. The summed E-state index contributed by atoms with van der Waals surface area (Å²) in [5.74, 6) is -0.680. The number of carbonyl (C=O) groups excluding carboxylic acids is 2. The van der Waals surface area contributed by atoms with E-state index >= 15 is 0 Å². The maximum absolute atomic E-state index is 13.7. The van der Waals surface area contributed by atoms with Gasteiger partial charge in [0, 0.05) is 23.4 Å². The minimum absolute atomic E-state index is 0.156. The highest BCUT2D eigenvalue weighted by Gasteiger charge is 2.27. The van der Waals surface area contributed by atoms with Crippen LogP contribution in [0.2, 0.25) is 0 Å². The van der Waals surface area contributed by atoms with E-state index in [2.05, 4.69) is 36.7 Å². The minimum atomic E-state index is -0.386. The highest BCUT2D eigenvalue weighted by molar-refractivity contribution is 9.10. The molecule has 1 atom stereocenters. The Balaban J connectivity index is 1.21. The standard InChI is InChI=1S/C29H25BrFN7O3/c1-17-5-6-20(13-24(17)33-28(39)27-4-3-11-41-27)29(40)36-9-10-37-26(16-36)21(14-32-37)25-15-38(35-34-25)18(2)19-7-8-23(31)22(30)12-19/h3-8,11-15,18H,9-10,16H2,1-2H3,(H,33,39)/t18-/m1/s1. The summed E-state index contributed by atoms with van der Waals surface area (Å²) in [5, 5.41) is 16.0. The molecule has 0 bridgehead atoms. The molecule has 1 aliphatic rings. The molecule has 1 N–H and O–H groups in total. The van der Waals surface area contributed by atoms with Crippen LogP contribution < -0.4 is 5.32 Å². The van der Waals surface area contributed by atoms with Crippen LogP contribution in [-0.4, -0.2) is 48.0 Å². The van der Waals surface area contributed by atoms with E-state index < -0.39 is 0 Å². The van der Waals surface area contributed by atoms with Crippen molar-refractivity contribution in [3.05, 3.63) is 106 Å². The van der Waals surface area contributed by atoms with Crippen LogP contribution in [0.4, 0.5) is 10.1 Å². The SMILES string of the molecule is Cc1ccc(C(=O)N2CCn3ncc(-c4cn([C@H](C)c5ccc(F)c(Br)c5)nn4)c3C2)cc1NC(=O)c1ccco1. The van der Waals surface area contributed by atoms with Gasteiger partial charge in [0.1, 0.15) is 11.5 Å². The predicted octanol–water partition coefficient (Wildman–Crippen LogP) is 5.46. The van der Waals surface area contributed by atoms with Crippen molar-refractivity contribution in [2.24, 2.45) is 0 Å². The van der Waals surface area contributed by atoms with Gasteiger partial charge in [0.25, 0.3) is 11.8 Å². The number of hydrogen-bond donors (Lipinski definition) is 1. The lowest BCUT2D eigenvalue weighted by Gasteiger charge is -2.28. The number of furan rings is 1. The van der Waals surface area contributed by atoms with Crippen molar-refractivity contribution in [2.75, 3.05) is 11.9 Å². The average Bonchev–Trinajstić information content (AvgIpc) is 3.75. The van der Waals surface area contributed by atoms with Gasteiger partial charge in [-0.25, -0.2) is 9.07 Å². The zero-order valence-corrected chi connectivity index (χ0v) is 23.8. The first kappa shape index (κ1) is 26.6. The van der Waals surface area contributed by atoms with Crippen LogP contribution in [0.3, 0.4) is 0 Å². The summed E-state index contributed by atoms with van der Waals surface area (Å²) < 4.78 is 22.9. The fourth-order valence-electron chi connectivity index (χ4n) is 4.81. The molecule has 4 heterocycles. The highest BCUT2D eigenvalue weighted by Crippen LogP contribution is 2.29. The Hall–Kier alpha value is -4.58. The Morgan fingerprint density at radius 2 is 2.00 bits per heavy atom. The molecule has 0 unspecified atom stereocenters. The lowest BCUT2D eigenvalue weighted by atomic mass is 10.1. The van der Waals surface area contributed by atoms with Crippen LogP contribution in [0.5, 0.6) is 0 Å². The molecule has 12 heteroatoms. The van der Waals surface area contributed by atoms with Crippen molar-refractivity contribution < 1.29 is 18.4 Å². The quantitative estimate of drug-likeness (QED) is 0.271. The van der Waals surface area contributed by atoms with Crippen molar-refractivity contribution >= 4 is 33.4 Å². The molecule has 0 radical (unpaired) electrons. The number of nitrogens with one attached hydrogen (secondary N) is 1. The molecular weight excluding hydrogens is 593 g/mol. The highest BCUT2D eigenvalue weighted by atomic mass is 79.9. The van der Waals surface area contributed by atoms with Crippen LogP contribution in [-0.2, 0) is 13.1 Å². The first-order chi connectivity index (χ1) is 19.8. The molecule has 2 aromatic carbocycles. The fourth-order valence-corrected chi connectivity index (χ4v) is 5.21. The van der Waals surface area contributed by atoms with Crippen LogP contribution in [0.1, 0.15) is 50.7 Å². The van der Waals surface area contributed by atoms with E-state index in [9.17, 15) is 14.0 Å². The summed E-state index contributed by atoms with van der Waals surface area (Å²) in [6, 6.07) is 13.2. The Kier molecular flexibility index (Phi) is 7.00. The molecule has 0 saturated heterocycles. The number of rotatable bonds is 6. The third-order valence-electron chi connectivity index (χ3n) is 7.25. The van der Waals surface area contributed by atoms with Gasteiger partial charge >= 0.3 is 0 Å². The van der Waals surface area contributed by atoms with Crippen molar-refractivity contribution in [1.29, 1.82) is 0 Å². The Bertz CT molecular complexity index is 1760. The largest absolute Gasteiger partial charge is 0.459 e. The second-order valence-electron chi connectivity index (χ2n) is 9.85. The number of aromatic nitrogens is 5. The maximum atomic E-state index is 13.7. The van der Waals surface area contributed by atoms with E-state index in [-0.39, 0.29) is 29.4 Å². The zero-order chi connectivity index (χ0) is 28.7. The number of halogens is 2. The first-order valence-electron chi connectivity index (χ1n) is 12.9. The van der Waals surface area contributed by atoms with Crippen molar-refractivity contribution in [1.82, 2.24) is 29.7 Å². The van der Waals surface area contributed by atoms with E-state index in [1.54, 1.807) is 52.2 Å². The molecule has 5 aromatic rings. The monoisotopic (exact) mass is 617 g/mol. The van der Waals surface area contributed by atoms with Crippen molar-refractivity contribution in [3.63, 3.8) is 0 Å². The van der Waals surface area contributed by atoms with E-state index in [1.165, 1.54) is 12.3 Å². The summed E-state index contributed by atoms with van der Waals surface area (Å²) >= 11 is 3.24. The van der Waals surface area contributed by atoms with Gasteiger partial charge in [-0.1, -0.05) is 17.3 Å². The Morgan fingerprint density at radius 1 is 1.15 bits per heavy atom. The second-order valence-corrected chi connectivity index (χ2v) is 10.7. The Labute approximate surface area is 242 Å². The maximum Gasteiger partial charge on any atom is 0.291 e. The molecule has 0 saturated carbocycles. The van der Waals surface area contributed by atoms with E-state index in [0.29, 0.717) is 41.1 Å². The van der Waals surface area contributed by atoms with Gasteiger partial charge in [0.15, 0.2) is 5.76 Å². The number of nitrogens with zero attached hydrogens (tertiary/aromatic N) is 6. The predicted molar refractivity (Wildman–Crippen MR) is 152 cm³/mol. The number of amides is 2. The molecule has 41 heavy (non-hydrogen) atoms. The van der Waals surface area contributed by atoms with Crippen LogP contribution in [0.25, 0.3) is 11.3 Å². The lowest BCUT2D eigenvalue weighted by Crippen LogP contribution is -2.38. The summed E-state index contributed by atoms with van der Waals surface area (Å²) in [4.78, 5) is 27.8. The minimum Gasteiger partial charge on any atom is -0.459 e. The number of fused-ring (bicyclic) bond motifs is 1. The number of anilines is 1. The average molecular weight is 618 g/mol. The third-order valence-corrected chi connectivity index (χ3v) is 7.85. The van der Waals surface area contributed by atoms with Crippen LogP contribution >= 0.6 is 15.9 Å². The second kappa shape index (κ2) is 10.8. The van der Waals surface area contributed by atoms with Gasteiger partial charge in [0.2, 0.25) is 0 Å². The number of hydrogen-bond acceptors (Lipinski definition) is 6. The normalized spacial score (nSPS) is 13.6. The van der Waals surface area contributed by atoms with E-state index in [0.717, 1.165) is 22.4 Å². The first-order valence-corrected chi connectivity index (χ1v) is 13.7. The van der Waals surface area contributed by atoms with Gasteiger partial charge in [-0.3, -0.25) is 14.3 Å². The molecule has 6 rings (SSSR count). The van der Waals surface area contributed by atoms with Gasteiger partial charge in [-0.15, -0.1) is 5.10 Å². The molecule has 0 fully saturated rings. The molecule has 0 spiro atoms.